The smallest absolute Gasteiger partial charge is 0.227 e. The molecule has 1 atom stereocenters. The molecule has 1 aromatic carbocycles. The summed E-state index contributed by atoms with van der Waals surface area (Å²) in [5, 5.41) is 2.81. The predicted octanol–water partition coefficient (Wildman–Crippen LogP) is 3.61. The molecular formula is C15H21FN2OS. The monoisotopic (exact) mass is 296 g/mol. The topological polar surface area (TPSA) is 55.1 Å². The van der Waals surface area contributed by atoms with Crippen LogP contribution < -0.4 is 11.1 Å². The van der Waals surface area contributed by atoms with Crippen molar-refractivity contribution in [2.75, 3.05) is 5.32 Å². The summed E-state index contributed by atoms with van der Waals surface area (Å²) in [6, 6.07) is 4.02. The number of rotatable bonds is 7. The lowest BCUT2D eigenvalue weighted by Gasteiger charge is -2.16. The molecule has 1 unspecified atom stereocenters. The number of nitrogens with two attached hydrogens (primary N) is 1. The first-order valence-corrected chi connectivity index (χ1v) is 7.30. The molecule has 3 nitrogen and oxygen atoms in total. The van der Waals surface area contributed by atoms with Crippen molar-refractivity contribution in [2.45, 2.75) is 39.5 Å². The van der Waals surface area contributed by atoms with Gasteiger partial charge in [-0.2, -0.15) is 0 Å². The van der Waals surface area contributed by atoms with Crippen LogP contribution in [0.5, 0.6) is 0 Å². The van der Waals surface area contributed by atoms with E-state index in [-0.39, 0.29) is 16.8 Å². The van der Waals surface area contributed by atoms with Gasteiger partial charge in [-0.3, -0.25) is 4.79 Å². The minimum absolute atomic E-state index is 0.0424. The van der Waals surface area contributed by atoms with Crippen LogP contribution in [0.25, 0.3) is 0 Å². The molecular weight excluding hydrogens is 275 g/mol. The van der Waals surface area contributed by atoms with E-state index in [1.54, 1.807) is 0 Å². The molecule has 0 spiro atoms. The highest BCUT2D eigenvalue weighted by Gasteiger charge is 2.17. The molecule has 1 amide bonds. The Hall–Kier alpha value is -1.49. The molecule has 3 N–H and O–H groups in total. The molecule has 1 rings (SSSR count). The van der Waals surface area contributed by atoms with Crippen molar-refractivity contribution in [2.24, 2.45) is 11.7 Å². The number of amides is 1. The van der Waals surface area contributed by atoms with Crippen molar-refractivity contribution in [3.05, 3.63) is 29.6 Å². The van der Waals surface area contributed by atoms with E-state index >= 15 is 0 Å². The van der Waals surface area contributed by atoms with E-state index in [2.05, 4.69) is 12.2 Å². The fourth-order valence-electron chi connectivity index (χ4n) is 2.04. The largest absolute Gasteiger partial charge is 0.389 e. The Labute approximate surface area is 124 Å². The van der Waals surface area contributed by atoms with Crippen molar-refractivity contribution < 1.29 is 9.18 Å². The molecule has 0 aliphatic heterocycles. The Kier molecular flexibility index (Phi) is 6.58. The van der Waals surface area contributed by atoms with Crippen molar-refractivity contribution in [1.82, 2.24) is 0 Å². The number of carbonyl (C=O) groups excluding carboxylic acids is 1. The van der Waals surface area contributed by atoms with Gasteiger partial charge >= 0.3 is 0 Å². The van der Waals surface area contributed by atoms with Gasteiger partial charge in [0.25, 0.3) is 0 Å². The van der Waals surface area contributed by atoms with Crippen LogP contribution in [0, 0.1) is 11.7 Å². The second-order valence-corrected chi connectivity index (χ2v) is 5.23. The summed E-state index contributed by atoms with van der Waals surface area (Å²) in [6.45, 7) is 4.08. The minimum atomic E-state index is -0.427. The zero-order valence-corrected chi connectivity index (χ0v) is 12.7. The average Bonchev–Trinajstić information content (AvgIpc) is 2.41. The van der Waals surface area contributed by atoms with Crippen LogP contribution in [0.3, 0.4) is 0 Å². The quantitative estimate of drug-likeness (QED) is 0.756. The summed E-state index contributed by atoms with van der Waals surface area (Å²) >= 11 is 4.89. The van der Waals surface area contributed by atoms with Crippen LogP contribution in [0.15, 0.2) is 18.2 Å². The van der Waals surface area contributed by atoms with E-state index in [0.29, 0.717) is 11.3 Å². The molecule has 0 bridgehead atoms. The first-order valence-electron chi connectivity index (χ1n) is 6.89. The molecule has 0 radical (unpaired) electrons. The van der Waals surface area contributed by atoms with Crippen molar-refractivity contribution in [3.63, 3.8) is 0 Å². The van der Waals surface area contributed by atoms with Crippen molar-refractivity contribution in [1.29, 1.82) is 0 Å². The number of carbonyl (C=O) groups is 1. The van der Waals surface area contributed by atoms with E-state index in [1.807, 2.05) is 6.92 Å². The standard InChI is InChI=1S/C15H21FN2OS/c1-3-5-6-10(4-2)15(19)18-13-8-7-11(16)9-12(13)14(17)20/h7-10H,3-6H2,1-2H3,(H2,17,20)(H,18,19). The van der Waals surface area contributed by atoms with E-state index in [1.165, 1.54) is 18.2 Å². The maximum absolute atomic E-state index is 13.2. The number of thiocarbonyl (C=S) groups is 1. The zero-order valence-electron chi connectivity index (χ0n) is 11.9. The molecule has 110 valence electrons. The summed E-state index contributed by atoms with van der Waals surface area (Å²) in [6.07, 6.45) is 3.69. The van der Waals surface area contributed by atoms with Crippen molar-refractivity contribution >= 4 is 28.8 Å². The van der Waals surface area contributed by atoms with Crippen LogP contribution >= 0.6 is 12.2 Å². The second kappa shape index (κ2) is 7.94. The molecule has 1 aromatic rings. The third-order valence-electron chi connectivity index (χ3n) is 3.27. The number of unbranched alkanes of at least 4 members (excludes halogenated alkanes) is 1. The highest BCUT2D eigenvalue weighted by molar-refractivity contribution is 7.80. The Balaban J connectivity index is 2.86. The maximum Gasteiger partial charge on any atom is 0.227 e. The summed E-state index contributed by atoms with van der Waals surface area (Å²) in [4.78, 5) is 12.3. The lowest BCUT2D eigenvalue weighted by atomic mass is 9.98. The first kappa shape index (κ1) is 16.6. The van der Waals surface area contributed by atoms with Gasteiger partial charge in [0, 0.05) is 11.5 Å². The zero-order chi connectivity index (χ0) is 15.1. The molecule has 0 aliphatic carbocycles. The number of benzene rings is 1. The molecule has 0 saturated carbocycles. The summed E-state index contributed by atoms with van der Waals surface area (Å²) < 4.78 is 13.2. The predicted molar refractivity (Wildman–Crippen MR) is 84.2 cm³/mol. The molecule has 5 heteroatoms. The Morgan fingerprint density at radius 1 is 1.45 bits per heavy atom. The normalized spacial score (nSPS) is 11.9. The van der Waals surface area contributed by atoms with Gasteiger partial charge in [0.1, 0.15) is 10.8 Å². The fraction of sp³-hybridized carbons (Fsp3) is 0.467. The van der Waals surface area contributed by atoms with Gasteiger partial charge in [-0.15, -0.1) is 0 Å². The Morgan fingerprint density at radius 2 is 2.15 bits per heavy atom. The molecule has 0 fully saturated rings. The van der Waals surface area contributed by atoms with Crippen LogP contribution in [-0.2, 0) is 4.79 Å². The molecule has 0 heterocycles. The summed E-state index contributed by atoms with van der Waals surface area (Å²) in [7, 11) is 0. The number of hydrogen-bond donors (Lipinski definition) is 2. The number of nitrogens with one attached hydrogen (secondary N) is 1. The van der Waals surface area contributed by atoms with Crippen LogP contribution in [0.1, 0.15) is 45.1 Å². The highest BCUT2D eigenvalue weighted by atomic mass is 32.1. The average molecular weight is 296 g/mol. The molecule has 0 aromatic heterocycles. The maximum atomic E-state index is 13.2. The third-order valence-corrected chi connectivity index (χ3v) is 3.49. The van der Waals surface area contributed by atoms with E-state index < -0.39 is 5.82 Å². The van der Waals surface area contributed by atoms with E-state index in [0.717, 1.165) is 25.7 Å². The first-order chi connectivity index (χ1) is 9.49. The summed E-state index contributed by atoms with van der Waals surface area (Å²) in [5.74, 6) is -0.534. The van der Waals surface area contributed by atoms with Gasteiger partial charge in [-0.05, 0) is 31.0 Å². The van der Waals surface area contributed by atoms with Crippen LogP contribution in [0.4, 0.5) is 10.1 Å². The van der Waals surface area contributed by atoms with Gasteiger partial charge in [-0.1, -0.05) is 38.9 Å². The van der Waals surface area contributed by atoms with Crippen LogP contribution in [0.2, 0.25) is 0 Å². The van der Waals surface area contributed by atoms with Gasteiger partial charge < -0.3 is 11.1 Å². The lowest BCUT2D eigenvalue weighted by molar-refractivity contribution is -0.120. The molecule has 20 heavy (non-hydrogen) atoms. The lowest BCUT2D eigenvalue weighted by Crippen LogP contribution is -2.24. The Bertz CT molecular complexity index is 491. The SMILES string of the molecule is CCCCC(CC)C(=O)Nc1ccc(F)cc1C(N)=S. The summed E-state index contributed by atoms with van der Waals surface area (Å²) in [5.41, 5.74) is 6.39. The van der Waals surface area contributed by atoms with Gasteiger partial charge in [0.2, 0.25) is 5.91 Å². The van der Waals surface area contributed by atoms with Gasteiger partial charge in [0.15, 0.2) is 0 Å². The van der Waals surface area contributed by atoms with Gasteiger partial charge in [0.05, 0.1) is 5.69 Å². The number of hydrogen-bond acceptors (Lipinski definition) is 2. The molecule has 0 saturated heterocycles. The Morgan fingerprint density at radius 3 is 2.70 bits per heavy atom. The van der Waals surface area contributed by atoms with E-state index in [9.17, 15) is 9.18 Å². The van der Waals surface area contributed by atoms with Crippen molar-refractivity contribution in [3.8, 4) is 0 Å². The third kappa shape index (κ3) is 4.56. The second-order valence-electron chi connectivity index (χ2n) is 4.79. The number of anilines is 1. The van der Waals surface area contributed by atoms with E-state index in [4.69, 9.17) is 18.0 Å². The fourth-order valence-corrected chi connectivity index (χ4v) is 2.20. The van der Waals surface area contributed by atoms with Gasteiger partial charge in [-0.25, -0.2) is 4.39 Å². The number of halogens is 1. The minimum Gasteiger partial charge on any atom is -0.389 e. The molecule has 0 aliphatic rings. The van der Waals surface area contributed by atoms with Crippen LogP contribution in [-0.4, -0.2) is 10.9 Å². The highest BCUT2D eigenvalue weighted by Crippen LogP contribution is 2.20.